The summed E-state index contributed by atoms with van der Waals surface area (Å²) in [5, 5.41) is 9.37. The van der Waals surface area contributed by atoms with Crippen LogP contribution in [0.5, 0.6) is 0 Å². The molecule has 1 aromatic rings. The predicted octanol–water partition coefficient (Wildman–Crippen LogP) is 1.90. The van der Waals surface area contributed by atoms with Crippen molar-refractivity contribution in [3.8, 4) is 0 Å². The zero-order valence-corrected chi connectivity index (χ0v) is 9.76. The highest BCUT2D eigenvalue weighted by Crippen LogP contribution is 2.33. The van der Waals surface area contributed by atoms with Gasteiger partial charge in [0.15, 0.2) is 0 Å². The third-order valence-corrected chi connectivity index (χ3v) is 3.39. The summed E-state index contributed by atoms with van der Waals surface area (Å²) in [6.45, 7) is 1.02. The van der Waals surface area contributed by atoms with Crippen molar-refractivity contribution in [3.63, 3.8) is 0 Å². The molecule has 0 radical (unpaired) electrons. The number of aromatic nitrogens is 1. The first-order valence-corrected chi connectivity index (χ1v) is 5.93. The topological polar surface area (TPSA) is 59.4 Å². The summed E-state index contributed by atoms with van der Waals surface area (Å²) in [6.07, 6.45) is 6.42. The van der Waals surface area contributed by atoms with Gasteiger partial charge in [0.25, 0.3) is 0 Å². The van der Waals surface area contributed by atoms with Gasteiger partial charge in [-0.15, -0.1) is 0 Å². The summed E-state index contributed by atoms with van der Waals surface area (Å²) in [6, 6.07) is 3.85. The van der Waals surface area contributed by atoms with E-state index in [1.165, 1.54) is 0 Å². The van der Waals surface area contributed by atoms with Crippen LogP contribution in [-0.2, 0) is 16.0 Å². The Morgan fingerprint density at radius 2 is 2.47 bits per heavy atom. The van der Waals surface area contributed by atoms with Crippen LogP contribution in [0, 0.1) is 5.41 Å². The smallest absolute Gasteiger partial charge is 0.311 e. The summed E-state index contributed by atoms with van der Waals surface area (Å²) < 4.78 is 5.34. The van der Waals surface area contributed by atoms with Crippen molar-refractivity contribution in [3.05, 3.63) is 30.1 Å². The van der Waals surface area contributed by atoms with Crippen LogP contribution < -0.4 is 0 Å². The van der Waals surface area contributed by atoms with Gasteiger partial charge in [-0.1, -0.05) is 6.07 Å². The lowest BCUT2D eigenvalue weighted by Crippen LogP contribution is -2.39. The molecule has 4 heteroatoms. The first kappa shape index (κ1) is 12.0. The monoisotopic (exact) mass is 235 g/mol. The fourth-order valence-corrected chi connectivity index (χ4v) is 2.25. The Morgan fingerprint density at radius 1 is 1.59 bits per heavy atom. The van der Waals surface area contributed by atoms with Gasteiger partial charge in [-0.3, -0.25) is 9.78 Å². The molecule has 0 aromatic carbocycles. The van der Waals surface area contributed by atoms with Crippen molar-refractivity contribution in [2.45, 2.75) is 25.7 Å². The number of carboxylic acids is 1. The number of aryl methyl sites for hydroxylation is 1. The van der Waals surface area contributed by atoms with Crippen LogP contribution in [0.15, 0.2) is 24.5 Å². The number of hydrogen-bond acceptors (Lipinski definition) is 3. The van der Waals surface area contributed by atoms with Gasteiger partial charge >= 0.3 is 5.97 Å². The standard InChI is InChI=1S/C13H17NO3/c15-12(16)13(5-2-8-17-10-13)6-4-11-3-1-7-14-9-11/h1,3,7,9H,2,4-6,8,10H2,(H,15,16). The highest BCUT2D eigenvalue weighted by molar-refractivity contribution is 5.75. The minimum Gasteiger partial charge on any atom is -0.481 e. The summed E-state index contributed by atoms with van der Waals surface area (Å²) in [4.78, 5) is 15.4. The lowest BCUT2D eigenvalue weighted by Gasteiger charge is -2.32. The molecule has 2 heterocycles. The average Bonchev–Trinajstić information content (AvgIpc) is 2.38. The number of ether oxygens (including phenoxy) is 1. The molecule has 1 atom stereocenters. The molecule has 1 aromatic heterocycles. The molecule has 0 saturated carbocycles. The molecule has 4 nitrogen and oxygen atoms in total. The van der Waals surface area contributed by atoms with E-state index in [0.29, 0.717) is 26.1 Å². The molecule has 17 heavy (non-hydrogen) atoms. The second-order valence-corrected chi connectivity index (χ2v) is 4.60. The van der Waals surface area contributed by atoms with E-state index in [1.807, 2.05) is 12.1 Å². The fraction of sp³-hybridized carbons (Fsp3) is 0.538. The third-order valence-electron chi connectivity index (χ3n) is 3.39. The van der Waals surface area contributed by atoms with E-state index in [-0.39, 0.29) is 0 Å². The summed E-state index contributed by atoms with van der Waals surface area (Å²) in [5.41, 5.74) is 0.382. The van der Waals surface area contributed by atoms with E-state index >= 15 is 0 Å². The van der Waals surface area contributed by atoms with Crippen molar-refractivity contribution in [2.24, 2.45) is 5.41 Å². The zero-order chi connectivity index (χ0) is 12.1. The highest BCUT2D eigenvalue weighted by Gasteiger charge is 2.39. The number of aliphatic carboxylic acids is 1. The summed E-state index contributed by atoms with van der Waals surface area (Å²) in [5.74, 6) is -0.735. The Balaban J connectivity index is 2.01. The molecular weight excluding hydrogens is 218 g/mol. The van der Waals surface area contributed by atoms with E-state index < -0.39 is 11.4 Å². The Morgan fingerprint density at radius 3 is 3.06 bits per heavy atom. The van der Waals surface area contributed by atoms with Gasteiger partial charge in [-0.05, 0) is 37.3 Å². The molecule has 1 aliphatic heterocycles. The van der Waals surface area contributed by atoms with Crippen LogP contribution in [0.4, 0.5) is 0 Å². The minimum absolute atomic E-state index is 0.336. The molecule has 0 aliphatic carbocycles. The van der Waals surface area contributed by atoms with Crippen LogP contribution >= 0.6 is 0 Å². The molecule has 1 N–H and O–H groups in total. The van der Waals surface area contributed by atoms with Crippen LogP contribution in [0.1, 0.15) is 24.8 Å². The fourth-order valence-electron chi connectivity index (χ4n) is 2.25. The summed E-state index contributed by atoms with van der Waals surface area (Å²) in [7, 11) is 0. The van der Waals surface area contributed by atoms with E-state index in [0.717, 1.165) is 18.4 Å². The molecule has 0 bridgehead atoms. The number of nitrogens with zero attached hydrogens (tertiary/aromatic N) is 1. The van der Waals surface area contributed by atoms with E-state index in [4.69, 9.17) is 4.74 Å². The third kappa shape index (κ3) is 2.82. The molecule has 92 valence electrons. The van der Waals surface area contributed by atoms with E-state index in [1.54, 1.807) is 12.4 Å². The second kappa shape index (κ2) is 5.27. The normalized spacial score (nSPS) is 24.5. The quantitative estimate of drug-likeness (QED) is 0.865. The SMILES string of the molecule is O=C(O)C1(CCc2cccnc2)CCCOC1. The molecule has 0 amide bonds. The predicted molar refractivity (Wildman–Crippen MR) is 62.7 cm³/mol. The van der Waals surface area contributed by atoms with Gasteiger partial charge in [0, 0.05) is 19.0 Å². The lowest BCUT2D eigenvalue weighted by molar-refractivity contribution is -0.158. The van der Waals surface area contributed by atoms with Gasteiger partial charge in [0.2, 0.25) is 0 Å². The summed E-state index contributed by atoms with van der Waals surface area (Å²) >= 11 is 0. The number of rotatable bonds is 4. The Bertz CT molecular complexity index is 372. The van der Waals surface area contributed by atoms with Crippen LogP contribution in [0.2, 0.25) is 0 Å². The Labute approximate surface area is 101 Å². The van der Waals surface area contributed by atoms with Gasteiger partial charge in [0.05, 0.1) is 12.0 Å². The zero-order valence-electron chi connectivity index (χ0n) is 9.76. The van der Waals surface area contributed by atoms with Gasteiger partial charge in [-0.25, -0.2) is 0 Å². The Hall–Kier alpha value is -1.42. The van der Waals surface area contributed by atoms with Gasteiger partial charge in [0.1, 0.15) is 0 Å². The number of hydrogen-bond donors (Lipinski definition) is 1. The maximum absolute atomic E-state index is 11.4. The first-order valence-electron chi connectivity index (χ1n) is 5.93. The van der Waals surface area contributed by atoms with Crippen molar-refractivity contribution >= 4 is 5.97 Å². The highest BCUT2D eigenvalue weighted by atomic mass is 16.5. The van der Waals surface area contributed by atoms with Crippen molar-refractivity contribution in [2.75, 3.05) is 13.2 Å². The van der Waals surface area contributed by atoms with Gasteiger partial charge < -0.3 is 9.84 Å². The molecule has 1 fully saturated rings. The van der Waals surface area contributed by atoms with E-state index in [2.05, 4.69) is 4.98 Å². The number of carboxylic acid groups (broad SMARTS) is 1. The second-order valence-electron chi connectivity index (χ2n) is 4.60. The lowest BCUT2D eigenvalue weighted by atomic mass is 9.78. The van der Waals surface area contributed by atoms with Crippen LogP contribution in [-0.4, -0.2) is 29.3 Å². The first-order chi connectivity index (χ1) is 8.23. The van der Waals surface area contributed by atoms with Crippen molar-refractivity contribution in [1.82, 2.24) is 4.98 Å². The maximum Gasteiger partial charge on any atom is 0.311 e. The van der Waals surface area contributed by atoms with E-state index in [9.17, 15) is 9.90 Å². The van der Waals surface area contributed by atoms with Crippen LogP contribution in [0.25, 0.3) is 0 Å². The van der Waals surface area contributed by atoms with Crippen LogP contribution in [0.3, 0.4) is 0 Å². The average molecular weight is 235 g/mol. The largest absolute Gasteiger partial charge is 0.481 e. The Kier molecular flexibility index (Phi) is 3.74. The molecular formula is C13H17NO3. The van der Waals surface area contributed by atoms with Crippen molar-refractivity contribution in [1.29, 1.82) is 0 Å². The molecule has 1 aliphatic rings. The number of pyridine rings is 1. The maximum atomic E-state index is 11.4. The molecule has 0 spiro atoms. The van der Waals surface area contributed by atoms with Crippen molar-refractivity contribution < 1.29 is 14.6 Å². The number of carbonyl (C=O) groups is 1. The molecule has 1 unspecified atom stereocenters. The van der Waals surface area contributed by atoms with Gasteiger partial charge in [-0.2, -0.15) is 0 Å². The molecule has 2 rings (SSSR count). The molecule has 1 saturated heterocycles. The minimum atomic E-state index is -0.735.